The monoisotopic (exact) mass is 254 g/mol. The number of hydrogen-bond donors (Lipinski definition) is 2. The van der Waals surface area contributed by atoms with Crippen molar-refractivity contribution in [3.63, 3.8) is 0 Å². The fourth-order valence-corrected chi connectivity index (χ4v) is 1.96. The lowest BCUT2D eigenvalue weighted by Crippen LogP contribution is -2.27. The maximum absolute atomic E-state index is 10.9. The fraction of sp³-hybridized carbons (Fsp3) is 0.125. The summed E-state index contributed by atoms with van der Waals surface area (Å²) in [6, 6.07) is 20.3. The molecule has 1 radical (unpaired) electrons. The average Bonchev–Trinajstić information content (AvgIpc) is 2.45. The van der Waals surface area contributed by atoms with Crippen LogP contribution in [0.1, 0.15) is 17.5 Å². The zero-order valence-corrected chi connectivity index (χ0v) is 10.5. The Kier molecular flexibility index (Phi) is 4.56. The van der Waals surface area contributed by atoms with Crippen LogP contribution in [0, 0.1) is 6.04 Å². The van der Waals surface area contributed by atoms with Crippen molar-refractivity contribution in [1.29, 1.82) is 0 Å². The second-order valence-electron chi connectivity index (χ2n) is 4.26. The first-order valence-corrected chi connectivity index (χ1v) is 6.21. The molecule has 0 aliphatic heterocycles. The van der Waals surface area contributed by atoms with Crippen LogP contribution in [0.5, 0.6) is 0 Å². The molecule has 0 fully saturated rings. The van der Waals surface area contributed by atoms with E-state index in [0.717, 1.165) is 18.0 Å². The first-order chi connectivity index (χ1) is 9.25. The smallest absolute Gasteiger partial charge is 0.405 e. The second kappa shape index (κ2) is 6.59. The minimum Gasteiger partial charge on any atom is -0.465 e. The quantitative estimate of drug-likeness (QED) is 0.858. The summed E-state index contributed by atoms with van der Waals surface area (Å²) in [6.07, 6.45) is 0.456. The molecule has 0 saturated heterocycles. The van der Waals surface area contributed by atoms with Gasteiger partial charge in [0.15, 0.2) is 0 Å². The van der Waals surface area contributed by atoms with Crippen molar-refractivity contribution in [2.75, 3.05) is 0 Å². The third-order valence-corrected chi connectivity index (χ3v) is 2.89. The molecule has 0 atom stereocenters. The number of hydrogen-bond acceptors (Lipinski definition) is 1. The lowest BCUT2D eigenvalue weighted by molar-refractivity contribution is 0.195. The molecule has 3 nitrogen and oxygen atoms in total. The number of amides is 1. The first kappa shape index (κ1) is 13.1. The van der Waals surface area contributed by atoms with Gasteiger partial charge in [-0.05, 0) is 24.0 Å². The molecule has 2 rings (SSSR count). The molecule has 0 heterocycles. The van der Waals surface area contributed by atoms with Crippen LogP contribution >= 0.6 is 0 Å². The van der Waals surface area contributed by atoms with Crippen LogP contribution in [0.3, 0.4) is 0 Å². The Morgan fingerprint density at radius 1 is 0.947 bits per heavy atom. The van der Waals surface area contributed by atoms with Crippen molar-refractivity contribution >= 4 is 6.09 Å². The molecule has 97 valence electrons. The fourth-order valence-electron chi connectivity index (χ4n) is 1.96. The predicted octanol–water partition coefficient (Wildman–Crippen LogP) is 3.47. The Morgan fingerprint density at radius 3 is 2.11 bits per heavy atom. The number of carboxylic acid groups (broad SMARTS) is 1. The lowest BCUT2D eigenvalue weighted by Gasteiger charge is -2.16. The van der Waals surface area contributed by atoms with Crippen LogP contribution < -0.4 is 5.32 Å². The van der Waals surface area contributed by atoms with Crippen LogP contribution in [-0.2, 0) is 6.42 Å². The molecule has 0 unspecified atom stereocenters. The van der Waals surface area contributed by atoms with Crippen LogP contribution in [0.4, 0.5) is 4.79 Å². The standard InChI is InChI=1S/C16H16NO2/c18-16(19)17-15(14-9-5-2-6-10-14)12-11-13-7-3-1-4-8-13/h1-10,17H,11-12H2,(H,18,19). The summed E-state index contributed by atoms with van der Waals surface area (Å²) in [5.41, 5.74) is 2.11. The van der Waals surface area contributed by atoms with Crippen LogP contribution in [0.15, 0.2) is 60.7 Å². The minimum absolute atomic E-state index is 0.667. The minimum atomic E-state index is -1.02. The molecule has 0 aromatic heterocycles. The average molecular weight is 254 g/mol. The zero-order chi connectivity index (χ0) is 13.5. The number of benzene rings is 2. The molecule has 0 saturated carbocycles. The van der Waals surface area contributed by atoms with E-state index in [4.69, 9.17) is 5.11 Å². The van der Waals surface area contributed by atoms with Gasteiger partial charge in [-0.25, -0.2) is 4.79 Å². The molecular formula is C16H16NO2. The van der Waals surface area contributed by atoms with E-state index >= 15 is 0 Å². The van der Waals surface area contributed by atoms with E-state index in [2.05, 4.69) is 5.32 Å². The lowest BCUT2D eigenvalue weighted by atomic mass is 9.99. The van der Waals surface area contributed by atoms with E-state index in [1.807, 2.05) is 60.7 Å². The summed E-state index contributed by atoms with van der Waals surface area (Å²) in [5.74, 6) is 0. The molecule has 2 N–H and O–H groups in total. The molecule has 2 aromatic carbocycles. The molecule has 0 aliphatic carbocycles. The van der Waals surface area contributed by atoms with Crippen molar-refractivity contribution in [1.82, 2.24) is 5.32 Å². The normalized spacial score (nSPS) is 10.4. The highest BCUT2D eigenvalue weighted by Gasteiger charge is 2.14. The van der Waals surface area contributed by atoms with E-state index in [0.29, 0.717) is 6.42 Å². The van der Waals surface area contributed by atoms with Crippen molar-refractivity contribution in [2.24, 2.45) is 0 Å². The van der Waals surface area contributed by atoms with Gasteiger partial charge in [0.25, 0.3) is 0 Å². The molecule has 3 heteroatoms. The van der Waals surface area contributed by atoms with Crippen molar-refractivity contribution < 1.29 is 9.90 Å². The first-order valence-electron chi connectivity index (χ1n) is 6.21. The third-order valence-electron chi connectivity index (χ3n) is 2.89. The van der Waals surface area contributed by atoms with Gasteiger partial charge in [-0.3, -0.25) is 0 Å². The van der Waals surface area contributed by atoms with Crippen molar-refractivity contribution in [3.05, 3.63) is 77.8 Å². The Hall–Kier alpha value is -2.29. The van der Waals surface area contributed by atoms with Gasteiger partial charge in [-0.1, -0.05) is 60.7 Å². The van der Waals surface area contributed by atoms with E-state index in [1.165, 1.54) is 5.56 Å². The molecule has 2 aromatic rings. The van der Waals surface area contributed by atoms with Crippen LogP contribution in [-0.4, -0.2) is 11.2 Å². The highest BCUT2D eigenvalue weighted by molar-refractivity contribution is 5.67. The van der Waals surface area contributed by atoms with Crippen molar-refractivity contribution in [2.45, 2.75) is 12.8 Å². The highest BCUT2D eigenvalue weighted by Crippen LogP contribution is 2.18. The predicted molar refractivity (Wildman–Crippen MR) is 74.7 cm³/mol. The maximum atomic E-state index is 10.9. The summed E-state index contributed by atoms with van der Waals surface area (Å²) < 4.78 is 0. The zero-order valence-electron chi connectivity index (χ0n) is 10.5. The summed E-state index contributed by atoms with van der Waals surface area (Å²) in [4.78, 5) is 10.9. The SMILES string of the molecule is O=C(O)N[C](CCc1ccccc1)c1ccccc1. The maximum Gasteiger partial charge on any atom is 0.405 e. The van der Waals surface area contributed by atoms with Gasteiger partial charge in [0.05, 0.1) is 6.04 Å². The number of rotatable bonds is 5. The number of nitrogens with one attached hydrogen (secondary N) is 1. The van der Waals surface area contributed by atoms with E-state index in [1.54, 1.807) is 0 Å². The molecule has 0 spiro atoms. The molecule has 0 bridgehead atoms. The van der Waals surface area contributed by atoms with Crippen LogP contribution in [0.2, 0.25) is 0 Å². The largest absolute Gasteiger partial charge is 0.465 e. The topological polar surface area (TPSA) is 49.3 Å². The van der Waals surface area contributed by atoms with Gasteiger partial charge in [0.1, 0.15) is 0 Å². The van der Waals surface area contributed by atoms with E-state index in [-0.39, 0.29) is 0 Å². The second-order valence-corrected chi connectivity index (χ2v) is 4.26. The number of carbonyl (C=O) groups is 1. The Bertz CT molecular complexity index is 511. The van der Waals surface area contributed by atoms with Crippen molar-refractivity contribution in [3.8, 4) is 0 Å². The molecule has 19 heavy (non-hydrogen) atoms. The van der Waals surface area contributed by atoms with E-state index < -0.39 is 6.09 Å². The Balaban J connectivity index is 2.04. The van der Waals surface area contributed by atoms with Gasteiger partial charge in [0.2, 0.25) is 0 Å². The highest BCUT2D eigenvalue weighted by atomic mass is 16.4. The van der Waals surface area contributed by atoms with Gasteiger partial charge in [0, 0.05) is 0 Å². The van der Waals surface area contributed by atoms with Gasteiger partial charge in [-0.15, -0.1) is 0 Å². The molecular weight excluding hydrogens is 238 g/mol. The summed E-state index contributed by atoms with van der Waals surface area (Å²) in [7, 11) is 0. The molecule has 0 aliphatic rings. The van der Waals surface area contributed by atoms with Gasteiger partial charge < -0.3 is 10.4 Å². The third kappa shape index (κ3) is 4.14. The summed E-state index contributed by atoms with van der Waals surface area (Å²) in [6.45, 7) is 0. The van der Waals surface area contributed by atoms with Gasteiger partial charge in [-0.2, -0.15) is 0 Å². The van der Waals surface area contributed by atoms with E-state index in [9.17, 15) is 4.79 Å². The molecule has 1 amide bonds. The Labute approximate surface area is 112 Å². The van der Waals surface area contributed by atoms with Crippen LogP contribution in [0.25, 0.3) is 0 Å². The number of aryl methyl sites for hydroxylation is 1. The summed E-state index contributed by atoms with van der Waals surface area (Å²) >= 11 is 0. The summed E-state index contributed by atoms with van der Waals surface area (Å²) in [5, 5.41) is 11.4. The van der Waals surface area contributed by atoms with Gasteiger partial charge >= 0.3 is 6.09 Å². The Morgan fingerprint density at radius 2 is 1.53 bits per heavy atom.